The Morgan fingerprint density at radius 2 is 1.76 bits per heavy atom. The highest BCUT2D eigenvalue weighted by molar-refractivity contribution is 5.99. The molecule has 1 aliphatic rings. The summed E-state index contributed by atoms with van der Waals surface area (Å²) in [4.78, 5) is 29.0. The number of nitrogens with zero attached hydrogens (tertiary/aromatic N) is 2. The minimum Gasteiger partial charge on any atom is -0.444 e. The maximum absolute atomic E-state index is 13.2. The first-order valence-electron chi connectivity index (χ1n) is 8.95. The molecule has 1 fully saturated rings. The molecule has 1 aliphatic heterocycles. The van der Waals surface area contributed by atoms with Gasteiger partial charge in [0.1, 0.15) is 11.6 Å². The van der Waals surface area contributed by atoms with Crippen molar-refractivity contribution in [2.75, 3.05) is 18.5 Å². The van der Waals surface area contributed by atoms with Gasteiger partial charge >= 0.3 is 6.09 Å². The topological polar surface area (TPSA) is 49.9 Å². The Bertz CT molecular complexity index is 629. The molecule has 1 atom stereocenters. The average Bonchev–Trinajstić information content (AvgIpc) is 2.52. The molecular weight excluding hydrogens is 316 g/mol. The van der Waals surface area contributed by atoms with Gasteiger partial charge in [-0.2, -0.15) is 0 Å². The molecule has 0 aromatic heterocycles. The van der Waals surface area contributed by atoms with E-state index in [0.29, 0.717) is 13.0 Å². The van der Waals surface area contributed by atoms with Crippen LogP contribution in [0.5, 0.6) is 0 Å². The fraction of sp³-hybridized carbons (Fsp3) is 0.600. The highest BCUT2D eigenvalue weighted by Gasteiger charge is 2.36. The summed E-state index contributed by atoms with van der Waals surface area (Å²) < 4.78 is 5.51. The van der Waals surface area contributed by atoms with E-state index in [1.54, 1.807) is 16.8 Å². The van der Waals surface area contributed by atoms with Gasteiger partial charge in [-0.1, -0.05) is 18.2 Å². The maximum atomic E-state index is 13.2. The third kappa shape index (κ3) is 4.53. The molecule has 0 radical (unpaired) electrons. The number of hydrogen-bond donors (Lipinski definition) is 0. The molecule has 1 aromatic rings. The highest BCUT2D eigenvalue weighted by Crippen LogP contribution is 2.27. The molecular formula is C20H30N2O3. The smallest absolute Gasteiger partial charge is 0.410 e. The molecule has 1 unspecified atom stereocenters. The normalized spacial score (nSPS) is 18.0. The van der Waals surface area contributed by atoms with Crippen molar-refractivity contribution in [3.63, 3.8) is 0 Å². The molecule has 1 heterocycles. The Morgan fingerprint density at radius 1 is 1.16 bits per heavy atom. The fourth-order valence-electron chi connectivity index (χ4n) is 3.40. The number of anilines is 1. The first kappa shape index (κ1) is 19.3. The summed E-state index contributed by atoms with van der Waals surface area (Å²) >= 11 is 0. The Hall–Kier alpha value is -2.04. The molecule has 0 N–H and O–H groups in total. The van der Waals surface area contributed by atoms with Gasteiger partial charge < -0.3 is 9.64 Å². The van der Waals surface area contributed by atoms with Gasteiger partial charge in [0.2, 0.25) is 5.91 Å². The molecule has 2 rings (SSSR count). The minimum absolute atomic E-state index is 0.0528. The number of carbonyl (C=O) groups is 2. The van der Waals surface area contributed by atoms with Crippen molar-refractivity contribution < 1.29 is 14.3 Å². The van der Waals surface area contributed by atoms with E-state index in [1.165, 1.54) is 0 Å². The Morgan fingerprint density at radius 3 is 2.32 bits per heavy atom. The van der Waals surface area contributed by atoms with E-state index in [0.717, 1.165) is 29.7 Å². The maximum Gasteiger partial charge on any atom is 0.410 e. The van der Waals surface area contributed by atoms with Crippen LogP contribution in [0.25, 0.3) is 0 Å². The predicted octanol–water partition coefficient (Wildman–Crippen LogP) is 4.06. The van der Waals surface area contributed by atoms with Crippen LogP contribution in [0.2, 0.25) is 0 Å². The zero-order valence-electron chi connectivity index (χ0n) is 16.3. The second kappa shape index (κ2) is 7.46. The van der Waals surface area contributed by atoms with Gasteiger partial charge in [0.05, 0.1) is 0 Å². The quantitative estimate of drug-likeness (QED) is 0.811. The van der Waals surface area contributed by atoms with Crippen LogP contribution in [0.1, 0.15) is 51.2 Å². The zero-order valence-corrected chi connectivity index (χ0v) is 16.3. The summed E-state index contributed by atoms with van der Waals surface area (Å²) in [6.45, 7) is 10.1. The summed E-state index contributed by atoms with van der Waals surface area (Å²) in [6.07, 6.45) is 2.11. The number of para-hydroxylation sites is 1. The number of piperidine rings is 1. The predicted molar refractivity (Wildman–Crippen MR) is 99.9 cm³/mol. The molecule has 5 heteroatoms. The number of rotatable bonds is 2. The number of amides is 2. The van der Waals surface area contributed by atoms with Crippen LogP contribution in [0.15, 0.2) is 18.2 Å². The Balaban J connectivity index is 2.24. The molecule has 2 amide bonds. The third-order valence-corrected chi connectivity index (χ3v) is 4.52. The molecule has 138 valence electrons. The minimum atomic E-state index is -0.569. The lowest BCUT2D eigenvalue weighted by atomic mass is 10.00. The summed E-state index contributed by atoms with van der Waals surface area (Å²) in [6, 6.07) is 5.52. The van der Waals surface area contributed by atoms with Gasteiger partial charge in [0.15, 0.2) is 0 Å². The van der Waals surface area contributed by atoms with E-state index in [-0.39, 0.29) is 5.91 Å². The van der Waals surface area contributed by atoms with Gasteiger partial charge in [0, 0.05) is 19.3 Å². The molecule has 0 aliphatic carbocycles. The molecule has 0 spiro atoms. The van der Waals surface area contributed by atoms with E-state index < -0.39 is 17.7 Å². The van der Waals surface area contributed by atoms with Crippen LogP contribution in [-0.2, 0) is 9.53 Å². The molecule has 5 nitrogen and oxygen atoms in total. The van der Waals surface area contributed by atoms with Gasteiger partial charge in [0.25, 0.3) is 0 Å². The Kier molecular flexibility index (Phi) is 5.76. The van der Waals surface area contributed by atoms with Gasteiger partial charge in [-0.05, 0) is 65.0 Å². The van der Waals surface area contributed by atoms with Gasteiger partial charge in [-0.15, -0.1) is 0 Å². The van der Waals surface area contributed by atoms with Crippen molar-refractivity contribution >= 4 is 17.7 Å². The largest absolute Gasteiger partial charge is 0.444 e. The van der Waals surface area contributed by atoms with E-state index >= 15 is 0 Å². The summed E-state index contributed by atoms with van der Waals surface area (Å²) in [7, 11) is 1.79. The number of ether oxygens (including phenoxy) is 1. The monoisotopic (exact) mass is 346 g/mol. The summed E-state index contributed by atoms with van der Waals surface area (Å²) in [5.41, 5.74) is 2.45. The van der Waals surface area contributed by atoms with E-state index in [9.17, 15) is 9.59 Å². The standard InChI is InChI=1S/C20H30N2O3/c1-14-10-9-11-15(2)17(14)21(6)18(23)16-12-7-8-13-22(16)19(24)25-20(3,4)5/h9-11,16H,7-8,12-13H2,1-6H3. The number of hydrogen-bond acceptors (Lipinski definition) is 3. The molecule has 1 saturated heterocycles. The van der Waals surface area contributed by atoms with E-state index in [1.807, 2.05) is 52.8 Å². The highest BCUT2D eigenvalue weighted by atomic mass is 16.6. The number of benzene rings is 1. The van der Waals surface area contributed by atoms with E-state index in [2.05, 4.69) is 0 Å². The molecule has 1 aromatic carbocycles. The van der Waals surface area contributed by atoms with Crippen LogP contribution in [0.3, 0.4) is 0 Å². The summed E-state index contributed by atoms with van der Waals surface area (Å²) in [5, 5.41) is 0. The molecule has 0 bridgehead atoms. The van der Waals surface area contributed by atoms with E-state index in [4.69, 9.17) is 4.74 Å². The zero-order chi connectivity index (χ0) is 18.8. The van der Waals surface area contributed by atoms with Crippen LogP contribution < -0.4 is 4.90 Å². The average molecular weight is 346 g/mol. The summed E-state index contributed by atoms with van der Waals surface area (Å²) in [5.74, 6) is -0.0528. The lowest BCUT2D eigenvalue weighted by Gasteiger charge is -2.38. The van der Waals surface area contributed by atoms with Crippen molar-refractivity contribution in [3.8, 4) is 0 Å². The van der Waals surface area contributed by atoms with Crippen molar-refractivity contribution in [1.82, 2.24) is 4.90 Å². The van der Waals surface area contributed by atoms with Crippen molar-refractivity contribution in [1.29, 1.82) is 0 Å². The first-order valence-corrected chi connectivity index (χ1v) is 8.95. The second-order valence-corrected chi connectivity index (χ2v) is 7.82. The number of aryl methyl sites for hydroxylation is 2. The lowest BCUT2D eigenvalue weighted by Crippen LogP contribution is -2.53. The number of likely N-dealkylation sites (N-methyl/N-ethyl adjacent to an activating group) is 1. The van der Waals surface area contributed by atoms with Crippen molar-refractivity contribution in [2.45, 2.75) is 65.5 Å². The first-order chi connectivity index (χ1) is 11.6. The van der Waals surface area contributed by atoms with Gasteiger partial charge in [-0.25, -0.2) is 4.79 Å². The van der Waals surface area contributed by atoms with Crippen molar-refractivity contribution in [3.05, 3.63) is 29.3 Å². The third-order valence-electron chi connectivity index (χ3n) is 4.52. The van der Waals surface area contributed by atoms with Crippen LogP contribution in [0.4, 0.5) is 10.5 Å². The number of likely N-dealkylation sites (tertiary alicyclic amines) is 1. The van der Waals surface area contributed by atoms with Crippen molar-refractivity contribution in [2.24, 2.45) is 0 Å². The van der Waals surface area contributed by atoms with Crippen LogP contribution in [0, 0.1) is 13.8 Å². The Labute approximate surface area is 150 Å². The fourth-order valence-corrected chi connectivity index (χ4v) is 3.40. The number of carbonyl (C=O) groups excluding carboxylic acids is 2. The van der Waals surface area contributed by atoms with Crippen LogP contribution >= 0.6 is 0 Å². The lowest BCUT2D eigenvalue weighted by molar-refractivity contribution is -0.124. The molecule has 25 heavy (non-hydrogen) atoms. The SMILES string of the molecule is Cc1cccc(C)c1N(C)C(=O)C1CCCCN1C(=O)OC(C)(C)C. The molecule has 0 saturated carbocycles. The second-order valence-electron chi connectivity index (χ2n) is 7.82. The van der Waals surface area contributed by atoms with Gasteiger partial charge in [-0.3, -0.25) is 9.69 Å². The van der Waals surface area contributed by atoms with Crippen LogP contribution in [-0.4, -0.2) is 42.1 Å².